The van der Waals surface area contributed by atoms with Gasteiger partial charge in [-0.1, -0.05) is 44.7 Å². The molecule has 1 aliphatic heterocycles. The summed E-state index contributed by atoms with van der Waals surface area (Å²) < 4.78 is 0. The molecule has 1 aliphatic rings. The van der Waals surface area contributed by atoms with Crippen LogP contribution in [0.4, 0.5) is 0 Å². The maximum atomic E-state index is 12.2. The Morgan fingerprint density at radius 2 is 1.87 bits per heavy atom. The highest BCUT2D eigenvalue weighted by atomic mass is 32.2. The minimum atomic E-state index is -0.485. The van der Waals surface area contributed by atoms with Crippen LogP contribution in [-0.2, 0) is 16.1 Å². The standard InChI is InChI=1S/C17H20N2O3S/c1-17(2,3)13(20)8-15-19(14(21)10-23-15)9-11-4-6-12(7-5-11)16(18)22/h4-8H,9-10H2,1-3H3,(H2,18,22)/b15-8-. The molecule has 0 saturated carbocycles. The van der Waals surface area contributed by atoms with Crippen molar-refractivity contribution in [3.63, 3.8) is 0 Å². The van der Waals surface area contributed by atoms with Crippen LogP contribution in [0.2, 0.25) is 0 Å². The molecule has 0 atom stereocenters. The molecule has 0 aromatic heterocycles. The largest absolute Gasteiger partial charge is 0.366 e. The second-order valence-corrected chi connectivity index (χ2v) is 7.42. The average Bonchev–Trinajstić information content (AvgIpc) is 2.80. The molecule has 0 unspecified atom stereocenters. The number of carbonyl (C=O) groups is 3. The minimum absolute atomic E-state index is 0.0104. The Bertz CT molecular complexity index is 672. The van der Waals surface area contributed by atoms with Crippen LogP contribution in [0.25, 0.3) is 0 Å². The summed E-state index contributed by atoms with van der Waals surface area (Å²) >= 11 is 1.37. The molecule has 1 saturated heterocycles. The fraction of sp³-hybridized carbons (Fsp3) is 0.353. The molecular formula is C17H20N2O3S. The van der Waals surface area contributed by atoms with Crippen molar-refractivity contribution in [3.05, 3.63) is 46.5 Å². The molecule has 1 heterocycles. The molecule has 6 heteroatoms. The van der Waals surface area contributed by atoms with E-state index in [1.807, 2.05) is 20.8 Å². The number of nitrogens with zero attached hydrogens (tertiary/aromatic N) is 1. The highest BCUT2D eigenvalue weighted by Gasteiger charge is 2.29. The van der Waals surface area contributed by atoms with Crippen molar-refractivity contribution in [2.24, 2.45) is 11.1 Å². The third-order valence-electron chi connectivity index (χ3n) is 3.48. The van der Waals surface area contributed by atoms with E-state index < -0.39 is 11.3 Å². The highest BCUT2D eigenvalue weighted by molar-refractivity contribution is 8.04. The number of hydrogen-bond acceptors (Lipinski definition) is 4. The number of amides is 2. The van der Waals surface area contributed by atoms with E-state index in [-0.39, 0.29) is 11.7 Å². The van der Waals surface area contributed by atoms with Crippen LogP contribution in [0.5, 0.6) is 0 Å². The lowest BCUT2D eigenvalue weighted by Gasteiger charge is -2.19. The van der Waals surface area contributed by atoms with Crippen LogP contribution in [0.3, 0.4) is 0 Å². The van der Waals surface area contributed by atoms with Gasteiger partial charge in [0.25, 0.3) is 0 Å². The van der Waals surface area contributed by atoms with Gasteiger partial charge in [0, 0.05) is 17.1 Å². The first kappa shape index (κ1) is 17.3. The Morgan fingerprint density at radius 3 is 2.39 bits per heavy atom. The molecule has 2 rings (SSSR count). The van der Waals surface area contributed by atoms with Crippen LogP contribution in [0, 0.1) is 5.41 Å². The summed E-state index contributed by atoms with van der Waals surface area (Å²) in [5, 5.41) is 0.675. The molecule has 2 N–H and O–H groups in total. The van der Waals surface area contributed by atoms with Gasteiger partial charge in [0.05, 0.1) is 17.3 Å². The van der Waals surface area contributed by atoms with E-state index in [0.717, 1.165) is 5.56 Å². The Labute approximate surface area is 139 Å². The smallest absolute Gasteiger partial charge is 0.248 e. The maximum absolute atomic E-state index is 12.2. The second-order valence-electron chi connectivity index (χ2n) is 6.43. The first-order valence-corrected chi connectivity index (χ1v) is 8.25. The number of ketones is 1. The molecule has 0 radical (unpaired) electrons. The van der Waals surface area contributed by atoms with E-state index in [1.165, 1.54) is 11.8 Å². The van der Waals surface area contributed by atoms with Gasteiger partial charge in [-0.15, -0.1) is 0 Å². The van der Waals surface area contributed by atoms with Crippen molar-refractivity contribution in [1.29, 1.82) is 0 Å². The molecule has 122 valence electrons. The topological polar surface area (TPSA) is 80.5 Å². The molecule has 0 aliphatic carbocycles. The number of primary amides is 1. The summed E-state index contributed by atoms with van der Waals surface area (Å²) in [5.74, 6) is -0.186. The lowest BCUT2D eigenvalue weighted by molar-refractivity contribution is -0.125. The molecule has 1 aromatic rings. The third-order valence-corrected chi connectivity index (χ3v) is 4.51. The summed E-state index contributed by atoms with van der Waals surface area (Å²) in [6.45, 7) is 5.91. The van der Waals surface area contributed by atoms with Gasteiger partial charge < -0.3 is 10.6 Å². The van der Waals surface area contributed by atoms with Gasteiger partial charge in [-0.2, -0.15) is 0 Å². The fourth-order valence-corrected chi connectivity index (χ4v) is 2.93. The zero-order valence-corrected chi connectivity index (χ0v) is 14.3. The summed E-state index contributed by atoms with van der Waals surface area (Å²) in [6.07, 6.45) is 1.55. The fourth-order valence-electron chi connectivity index (χ4n) is 1.99. The van der Waals surface area contributed by atoms with Gasteiger partial charge >= 0.3 is 0 Å². The van der Waals surface area contributed by atoms with Crippen molar-refractivity contribution in [2.45, 2.75) is 27.3 Å². The van der Waals surface area contributed by atoms with Crippen LogP contribution < -0.4 is 5.73 Å². The molecule has 1 aromatic carbocycles. The summed E-state index contributed by atoms with van der Waals surface area (Å²) in [6, 6.07) is 6.79. The van der Waals surface area contributed by atoms with E-state index in [1.54, 1.807) is 35.2 Å². The van der Waals surface area contributed by atoms with E-state index in [0.29, 0.717) is 22.9 Å². The normalized spacial score (nSPS) is 16.9. The Morgan fingerprint density at radius 1 is 1.26 bits per heavy atom. The summed E-state index contributed by atoms with van der Waals surface area (Å²) in [4.78, 5) is 36.9. The average molecular weight is 332 g/mol. The zero-order chi connectivity index (χ0) is 17.2. The first-order valence-electron chi connectivity index (χ1n) is 7.26. The van der Waals surface area contributed by atoms with Crippen molar-refractivity contribution in [1.82, 2.24) is 4.90 Å². The number of thioether (sulfide) groups is 1. The lowest BCUT2D eigenvalue weighted by atomic mass is 9.91. The SMILES string of the molecule is CC(C)(C)C(=O)/C=C1\SCC(=O)N1Cc1ccc(C(N)=O)cc1. The number of nitrogens with two attached hydrogens (primary N) is 1. The number of benzene rings is 1. The molecule has 0 bridgehead atoms. The lowest BCUT2D eigenvalue weighted by Crippen LogP contribution is -2.26. The van der Waals surface area contributed by atoms with Gasteiger partial charge in [-0.3, -0.25) is 14.4 Å². The summed E-state index contributed by atoms with van der Waals surface area (Å²) in [7, 11) is 0. The minimum Gasteiger partial charge on any atom is -0.366 e. The first-order chi connectivity index (χ1) is 10.7. The van der Waals surface area contributed by atoms with E-state index in [9.17, 15) is 14.4 Å². The molecule has 2 amide bonds. The Kier molecular flexibility index (Phi) is 4.94. The molecule has 1 fully saturated rings. The predicted molar refractivity (Wildman–Crippen MR) is 90.5 cm³/mol. The second kappa shape index (κ2) is 6.58. The van der Waals surface area contributed by atoms with Crippen molar-refractivity contribution in [3.8, 4) is 0 Å². The summed E-state index contributed by atoms with van der Waals surface area (Å²) in [5.41, 5.74) is 6.04. The molecular weight excluding hydrogens is 312 g/mol. The van der Waals surface area contributed by atoms with E-state index >= 15 is 0 Å². The maximum Gasteiger partial charge on any atom is 0.248 e. The number of rotatable bonds is 4. The Balaban J connectivity index is 2.19. The van der Waals surface area contributed by atoms with Gasteiger partial charge in [0.1, 0.15) is 0 Å². The van der Waals surface area contributed by atoms with E-state index in [2.05, 4.69) is 0 Å². The van der Waals surface area contributed by atoms with Crippen molar-refractivity contribution >= 4 is 29.4 Å². The quantitative estimate of drug-likeness (QED) is 0.858. The van der Waals surface area contributed by atoms with Gasteiger partial charge in [-0.25, -0.2) is 0 Å². The van der Waals surface area contributed by atoms with Crippen LogP contribution >= 0.6 is 11.8 Å². The third kappa shape index (κ3) is 4.22. The molecule has 0 spiro atoms. The van der Waals surface area contributed by atoms with Crippen molar-refractivity contribution < 1.29 is 14.4 Å². The predicted octanol–water partition coefficient (Wildman–Crippen LogP) is 2.32. The van der Waals surface area contributed by atoms with Crippen LogP contribution in [-0.4, -0.2) is 28.3 Å². The van der Waals surface area contributed by atoms with Gasteiger partial charge in [-0.05, 0) is 17.7 Å². The monoisotopic (exact) mass is 332 g/mol. The van der Waals surface area contributed by atoms with E-state index in [4.69, 9.17) is 5.73 Å². The highest BCUT2D eigenvalue weighted by Crippen LogP contribution is 2.31. The molecule has 5 nitrogen and oxygen atoms in total. The van der Waals surface area contributed by atoms with Crippen LogP contribution in [0.1, 0.15) is 36.7 Å². The van der Waals surface area contributed by atoms with Crippen LogP contribution in [0.15, 0.2) is 35.4 Å². The van der Waals surface area contributed by atoms with Gasteiger partial charge in [0.2, 0.25) is 11.8 Å². The number of allylic oxidation sites excluding steroid dienone is 1. The van der Waals surface area contributed by atoms with Gasteiger partial charge in [0.15, 0.2) is 5.78 Å². The number of carbonyl (C=O) groups excluding carboxylic acids is 3. The zero-order valence-electron chi connectivity index (χ0n) is 13.5. The number of hydrogen-bond donors (Lipinski definition) is 1. The Hall–Kier alpha value is -2.08. The van der Waals surface area contributed by atoms with Crippen molar-refractivity contribution in [2.75, 3.05) is 5.75 Å². The molecule has 23 heavy (non-hydrogen) atoms.